The molecule has 0 aromatic carbocycles. The average Bonchev–Trinajstić information content (AvgIpc) is 2.75. The average molecular weight is 264 g/mol. The Morgan fingerprint density at radius 2 is 2.21 bits per heavy atom. The lowest BCUT2D eigenvalue weighted by Gasteiger charge is -2.11. The molecule has 0 bridgehead atoms. The first-order chi connectivity index (χ1) is 9.04. The number of aromatic nitrogens is 1. The zero-order valence-corrected chi connectivity index (χ0v) is 9.84. The summed E-state index contributed by atoms with van der Waals surface area (Å²) in [4.78, 5) is 36.8. The molecule has 1 saturated heterocycles. The number of carboxylic acid groups (broad SMARTS) is 1. The fraction of sp³-hybridized carbons (Fsp3) is 0.273. The molecule has 19 heavy (non-hydrogen) atoms. The van der Waals surface area contributed by atoms with Gasteiger partial charge in [-0.1, -0.05) is 0 Å². The summed E-state index contributed by atoms with van der Waals surface area (Å²) < 4.78 is 0. The number of carboxylic acids is 1. The SMILES string of the molecule is O=C1CC(NC(=O)Nc2ccc(C(=O)O)nc2)CN1. The molecule has 1 aliphatic heterocycles. The Hall–Kier alpha value is -2.64. The summed E-state index contributed by atoms with van der Waals surface area (Å²) in [6.45, 7) is 0.405. The van der Waals surface area contributed by atoms with Gasteiger partial charge in [-0.05, 0) is 12.1 Å². The van der Waals surface area contributed by atoms with Crippen LogP contribution in [0.3, 0.4) is 0 Å². The smallest absolute Gasteiger partial charge is 0.354 e. The van der Waals surface area contributed by atoms with Gasteiger partial charge in [0.1, 0.15) is 5.69 Å². The summed E-state index contributed by atoms with van der Waals surface area (Å²) in [7, 11) is 0. The summed E-state index contributed by atoms with van der Waals surface area (Å²) in [6.07, 6.45) is 1.50. The van der Waals surface area contributed by atoms with Gasteiger partial charge in [-0.2, -0.15) is 0 Å². The molecule has 1 aromatic heterocycles. The van der Waals surface area contributed by atoms with Crippen LogP contribution in [0.15, 0.2) is 18.3 Å². The van der Waals surface area contributed by atoms with Crippen molar-refractivity contribution in [3.05, 3.63) is 24.0 Å². The first-order valence-electron chi connectivity index (χ1n) is 5.58. The maximum absolute atomic E-state index is 11.6. The van der Waals surface area contributed by atoms with E-state index in [1.165, 1.54) is 18.3 Å². The Kier molecular flexibility index (Phi) is 3.60. The normalized spacial score (nSPS) is 17.7. The van der Waals surface area contributed by atoms with Gasteiger partial charge < -0.3 is 21.1 Å². The van der Waals surface area contributed by atoms with Gasteiger partial charge >= 0.3 is 12.0 Å². The lowest BCUT2D eigenvalue weighted by Crippen LogP contribution is -2.39. The molecule has 1 atom stereocenters. The Balaban J connectivity index is 1.88. The topological polar surface area (TPSA) is 120 Å². The molecule has 3 amide bonds. The van der Waals surface area contributed by atoms with E-state index in [-0.39, 0.29) is 24.1 Å². The number of carbonyl (C=O) groups is 3. The molecule has 1 aromatic rings. The van der Waals surface area contributed by atoms with E-state index in [2.05, 4.69) is 20.9 Å². The van der Waals surface area contributed by atoms with E-state index in [9.17, 15) is 14.4 Å². The summed E-state index contributed by atoms with van der Waals surface area (Å²) in [5.74, 6) is -1.23. The fourth-order valence-electron chi connectivity index (χ4n) is 1.65. The van der Waals surface area contributed by atoms with Crippen molar-refractivity contribution in [1.29, 1.82) is 0 Å². The number of hydrogen-bond donors (Lipinski definition) is 4. The number of nitrogens with one attached hydrogen (secondary N) is 3. The maximum atomic E-state index is 11.6. The van der Waals surface area contributed by atoms with Crippen LogP contribution in [0.2, 0.25) is 0 Å². The highest BCUT2D eigenvalue weighted by atomic mass is 16.4. The molecule has 0 radical (unpaired) electrons. The summed E-state index contributed by atoms with van der Waals surface area (Å²) in [5.41, 5.74) is 0.274. The van der Waals surface area contributed by atoms with Crippen LogP contribution >= 0.6 is 0 Å². The molecule has 8 heteroatoms. The molecule has 0 spiro atoms. The zero-order chi connectivity index (χ0) is 13.8. The zero-order valence-electron chi connectivity index (χ0n) is 9.84. The van der Waals surface area contributed by atoms with Crippen molar-refractivity contribution < 1.29 is 19.5 Å². The molecule has 2 rings (SSSR count). The third-order valence-electron chi connectivity index (χ3n) is 2.55. The molecule has 1 fully saturated rings. The standard InChI is InChI=1S/C11H12N4O4/c16-9-3-7(5-13-9)15-11(19)14-6-1-2-8(10(17)18)12-4-6/h1-2,4,7H,3,5H2,(H,13,16)(H,17,18)(H2,14,15,19). The third kappa shape index (κ3) is 3.41. The van der Waals surface area contributed by atoms with Gasteiger partial charge in [0.25, 0.3) is 0 Å². The number of aromatic carboxylic acids is 1. The van der Waals surface area contributed by atoms with E-state index in [0.717, 1.165) is 0 Å². The van der Waals surface area contributed by atoms with E-state index < -0.39 is 12.0 Å². The van der Waals surface area contributed by atoms with Crippen LogP contribution in [-0.2, 0) is 4.79 Å². The molecule has 1 unspecified atom stereocenters. The van der Waals surface area contributed by atoms with E-state index in [1.807, 2.05) is 0 Å². The van der Waals surface area contributed by atoms with E-state index >= 15 is 0 Å². The quantitative estimate of drug-likeness (QED) is 0.602. The van der Waals surface area contributed by atoms with Crippen molar-refractivity contribution in [2.24, 2.45) is 0 Å². The molecule has 100 valence electrons. The number of amides is 3. The molecule has 0 saturated carbocycles. The predicted octanol–water partition coefficient (Wildman–Crippen LogP) is -0.210. The van der Waals surface area contributed by atoms with E-state index in [1.54, 1.807) is 0 Å². The molecule has 1 aliphatic rings. The highest BCUT2D eigenvalue weighted by Crippen LogP contribution is 2.06. The summed E-state index contributed by atoms with van der Waals surface area (Å²) >= 11 is 0. The van der Waals surface area contributed by atoms with Crippen LogP contribution in [0.1, 0.15) is 16.9 Å². The highest BCUT2D eigenvalue weighted by Gasteiger charge is 2.22. The van der Waals surface area contributed by atoms with Crippen LogP contribution in [0, 0.1) is 0 Å². The van der Waals surface area contributed by atoms with Crippen LogP contribution in [0.4, 0.5) is 10.5 Å². The summed E-state index contributed by atoms with van der Waals surface area (Å²) in [5, 5.41) is 16.4. The predicted molar refractivity (Wildman–Crippen MR) is 64.8 cm³/mol. The minimum Gasteiger partial charge on any atom is -0.477 e. The molecule has 8 nitrogen and oxygen atoms in total. The number of nitrogens with zero attached hydrogens (tertiary/aromatic N) is 1. The fourth-order valence-corrected chi connectivity index (χ4v) is 1.65. The van der Waals surface area contributed by atoms with Crippen LogP contribution in [-0.4, -0.2) is 40.6 Å². The van der Waals surface area contributed by atoms with Crippen molar-refractivity contribution in [1.82, 2.24) is 15.6 Å². The van der Waals surface area contributed by atoms with Crippen molar-refractivity contribution in [3.8, 4) is 0 Å². The Bertz CT molecular complexity index is 514. The monoisotopic (exact) mass is 264 g/mol. The molecular weight excluding hydrogens is 252 g/mol. The molecule has 4 N–H and O–H groups in total. The number of rotatable bonds is 3. The lowest BCUT2D eigenvalue weighted by atomic mass is 10.2. The van der Waals surface area contributed by atoms with E-state index in [0.29, 0.717) is 12.2 Å². The van der Waals surface area contributed by atoms with Gasteiger partial charge in [0.05, 0.1) is 17.9 Å². The minimum absolute atomic E-state index is 0.0993. The van der Waals surface area contributed by atoms with Gasteiger partial charge in [-0.15, -0.1) is 0 Å². The first-order valence-corrected chi connectivity index (χ1v) is 5.58. The van der Waals surface area contributed by atoms with E-state index in [4.69, 9.17) is 5.11 Å². The van der Waals surface area contributed by atoms with Crippen LogP contribution in [0.25, 0.3) is 0 Å². The Morgan fingerprint density at radius 3 is 2.74 bits per heavy atom. The molecule has 0 aliphatic carbocycles. The third-order valence-corrected chi connectivity index (χ3v) is 2.55. The lowest BCUT2D eigenvalue weighted by molar-refractivity contribution is -0.119. The van der Waals surface area contributed by atoms with Gasteiger partial charge in [0, 0.05) is 13.0 Å². The number of hydrogen-bond acceptors (Lipinski definition) is 4. The van der Waals surface area contributed by atoms with Crippen molar-refractivity contribution in [2.75, 3.05) is 11.9 Å². The highest BCUT2D eigenvalue weighted by molar-refractivity contribution is 5.91. The van der Waals surface area contributed by atoms with Gasteiger partial charge in [0.15, 0.2) is 0 Å². The number of pyridine rings is 1. The summed E-state index contributed by atoms with van der Waals surface area (Å²) in [6, 6.07) is 2.03. The number of carbonyl (C=O) groups excluding carboxylic acids is 2. The Labute approximate surface area is 108 Å². The second-order valence-corrected chi connectivity index (χ2v) is 4.04. The van der Waals surface area contributed by atoms with Gasteiger partial charge in [-0.25, -0.2) is 14.6 Å². The van der Waals surface area contributed by atoms with Gasteiger partial charge in [-0.3, -0.25) is 4.79 Å². The maximum Gasteiger partial charge on any atom is 0.354 e. The van der Waals surface area contributed by atoms with Gasteiger partial charge in [0.2, 0.25) is 5.91 Å². The largest absolute Gasteiger partial charge is 0.477 e. The Morgan fingerprint density at radius 1 is 1.42 bits per heavy atom. The number of anilines is 1. The van der Waals surface area contributed by atoms with Crippen molar-refractivity contribution >= 4 is 23.6 Å². The molecule has 2 heterocycles. The molecular formula is C11H12N4O4. The minimum atomic E-state index is -1.13. The first kappa shape index (κ1) is 12.8. The van der Waals surface area contributed by atoms with Crippen molar-refractivity contribution in [2.45, 2.75) is 12.5 Å². The second kappa shape index (κ2) is 5.34. The number of urea groups is 1. The van der Waals surface area contributed by atoms with Crippen LogP contribution in [0.5, 0.6) is 0 Å². The van der Waals surface area contributed by atoms with Crippen molar-refractivity contribution in [3.63, 3.8) is 0 Å². The van der Waals surface area contributed by atoms with Crippen LogP contribution < -0.4 is 16.0 Å². The second-order valence-electron chi connectivity index (χ2n) is 4.04.